The molecule has 0 aliphatic carbocycles. The summed E-state index contributed by atoms with van der Waals surface area (Å²) in [4.78, 5) is 26.3. The monoisotopic (exact) mass is 454 g/mol. The van der Waals surface area contributed by atoms with Gasteiger partial charge in [0.05, 0.1) is 4.47 Å². The highest BCUT2D eigenvalue weighted by Crippen LogP contribution is 2.33. The minimum atomic E-state index is -0.270. The number of carbonyl (C=O) groups is 2. The fourth-order valence-electron chi connectivity index (χ4n) is 3.05. The predicted molar refractivity (Wildman–Crippen MR) is 119 cm³/mol. The topological polar surface area (TPSA) is 58.6 Å². The van der Waals surface area contributed by atoms with Crippen molar-refractivity contribution in [2.24, 2.45) is 0 Å². The number of halogens is 1. The molecule has 0 atom stereocenters. The van der Waals surface area contributed by atoms with Crippen LogP contribution in [0, 0.1) is 0 Å². The molecule has 0 heterocycles. The summed E-state index contributed by atoms with van der Waals surface area (Å²) in [5.41, 5.74) is 1.22. The summed E-state index contributed by atoms with van der Waals surface area (Å²) < 4.78 is 6.50. The number of rotatable bonds is 7. The Balaban J connectivity index is 1.60. The maximum atomic E-state index is 12.3. The first-order valence-electron chi connectivity index (χ1n) is 9.52. The lowest BCUT2D eigenvalue weighted by molar-refractivity contribution is -0.118. The van der Waals surface area contributed by atoms with Crippen LogP contribution in [0.3, 0.4) is 0 Å². The summed E-state index contributed by atoms with van der Waals surface area (Å²) in [7, 11) is 0. The second kappa shape index (κ2) is 9.56. The number of benzene rings is 3. The van der Waals surface area contributed by atoms with Gasteiger partial charge in [-0.1, -0.05) is 30.3 Å². The average Bonchev–Trinajstić information content (AvgIpc) is 2.75. The molecule has 0 saturated carbocycles. The highest BCUT2D eigenvalue weighted by molar-refractivity contribution is 9.10. The first-order valence-corrected chi connectivity index (χ1v) is 10.3. The van der Waals surface area contributed by atoms with Crippen LogP contribution in [0.5, 0.6) is 5.75 Å². The van der Waals surface area contributed by atoms with E-state index in [4.69, 9.17) is 4.74 Å². The SMILES string of the molecule is CCN(CC)C(=O)c1ccc(NC(=O)COc2ccc3ccccc3c2Br)cc1. The first kappa shape index (κ1) is 20.9. The van der Waals surface area contributed by atoms with Crippen molar-refractivity contribution in [2.45, 2.75) is 13.8 Å². The van der Waals surface area contributed by atoms with Gasteiger partial charge in [-0.25, -0.2) is 0 Å². The van der Waals surface area contributed by atoms with E-state index in [2.05, 4.69) is 21.2 Å². The van der Waals surface area contributed by atoms with Crippen molar-refractivity contribution in [1.29, 1.82) is 0 Å². The molecule has 5 nitrogen and oxygen atoms in total. The zero-order valence-electron chi connectivity index (χ0n) is 16.4. The van der Waals surface area contributed by atoms with Crippen molar-refractivity contribution in [1.82, 2.24) is 4.90 Å². The smallest absolute Gasteiger partial charge is 0.262 e. The zero-order chi connectivity index (χ0) is 20.8. The molecule has 6 heteroatoms. The molecule has 3 aromatic carbocycles. The lowest BCUT2D eigenvalue weighted by atomic mass is 10.1. The molecule has 0 bridgehead atoms. The van der Waals surface area contributed by atoms with Crippen LogP contribution >= 0.6 is 15.9 Å². The Hall–Kier alpha value is -2.86. The Morgan fingerprint density at radius 1 is 0.966 bits per heavy atom. The Labute approximate surface area is 178 Å². The first-order chi connectivity index (χ1) is 14.0. The molecule has 0 aliphatic heterocycles. The molecule has 29 heavy (non-hydrogen) atoms. The van der Waals surface area contributed by atoms with E-state index in [1.807, 2.05) is 50.2 Å². The molecular weight excluding hydrogens is 432 g/mol. The van der Waals surface area contributed by atoms with Gasteiger partial charge in [0.25, 0.3) is 11.8 Å². The quantitative estimate of drug-likeness (QED) is 0.539. The second-order valence-corrected chi connectivity index (χ2v) is 7.28. The molecule has 3 rings (SSSR count). The lowest BCUT2D eigenvalue weighted by Crippen LogP contribution is -2.30. The van der Waals surface area contributed by atoms with Crippen LogP contribution in [-0.4, -0.2) is 36.4 Å². The number of hydrogen-bond acceptors (Lipinski definition) is 3. The number of hydrogen-bond donors (Lipinski definition) is 1. The third kappa shape index (κ3) is 4.95. The molecule has 0 fully saturated rings. The summed E-state index contributed by atoms with van der Waals surface area (Å²) >= 11 is 3.55. The van der Waals surface area contributed by atoms with Gasteiger partial charge in [0.1, 0.15) is 5.75 Å². The van der Waals surface area contributed by atoms with Crippen molar-refractivity contribution in [3.63, 3.8) is 0 Å². The van der Waals surface area contributed by atoms with Crippen LogP contribution in [0.25, 0.3) is 10.8 Å². The van der Waals surface area contributed by atoms with E-state index in [1.165, 1.54) is 0 Å². The van der Waals surface area contributed by atoms with Gasteiger partial charge in [0, 0.05) is 24.3 Å². The number of nitrogens with zero attached hydrogens (tertiary/aromatic N) is 1. The van der Waals surface area contributed by atoms with Gasteiger partial charge in [-0.15, -0.1) is 0 Å². The van der Waals surface area contributed by atoms with Crippen LogP contribution in [-0.2, 0) is 4.79 Å². The van der Waals surface area contributed by atoms with Gasteiger partial charge >= 0.3 is 0 Å². The Morgan fingerprint density at radius 2 is 1.66 bits per heavy atom. The second-order valence-electron chi connectivity index (χ2n) is 6.49. The minimum absolute atomic E-state index is 0.0163. The maximum Gasteiger partial charge on any atom is 0.262 e. The maximum absolute atomic E-state index is 12.3. The summed E-state index contributed by atoms with van der Waals surface area (Å²) in [6.07, 6.45) is 0. The van der Waals surface area contributed by atoms with Crippen LogP contribution in [0.15, 0.2) is 65.1 Å². The molecular formula is C23H23BrN2O3. The summed E-state index contributed by atoms with van der Waals surface area (Å²) in [5, 5.41) is 4.91. The predicted octanol–water partition coefficient (Wildman–Crippen LogP) is 5.10. The number of ether oxygens (including phenoxy) is 1. The Kier molecular flexibility index (Phi) is 6.88. The Morgan fingerprint density at radius 3 is 2.34 bits per heavy atom. The van der Waals surface area contributed by atoms with Crippen LogP contribution in [0.1, 0.15) is 24.2 Å². The molecule has 1 N–H and O–H groups in total. The average molecular weight is 455 g/mol. The molecule has 0 saturated heterocycles. The van der Waals surface area contributed by atoms with E-state index in [9.17, 15) is 9.59 Å². The van der Waals surface area contributed by atoms with Crippen molar-refractivity contribution < 1.29 is 14.3 Å². The number of nitrogens with one attached hydrogen (secondary N) is 1. The number of fused-ring (bicyclic) bond motifs is 1. The minimum Gasteiger partial charge on any atom is -0.483 e. The van der Waals surface area contributed by atoms with E-state index in [1.54, 1.807) is 29.2 Å². The van der Waals surface area contributed by atoms with Gasteiger partial charge in [-0.3, -0.25) is 9.59 Å². The molecule has 150 valence electrons. The largest absolute Gasteiger partial charge is 0.483 e. The van der Waals surface area contributed by atoms with Crippen molar-refractivity contribution in [3.8, 4) is 5.75 Å². The molecule has 0 radical (unpaired) electrons. The van der Waals surface area contributed by atoms with E-state index >= 15 is 0 Å². The fraction of sp³-hybridized carbons (Fsp3) is 0.217. The van der Waals surface area contributed by atoms with Crippen molar-refractivity contribution >= 4 is 44.2 Å². The third-order valence-electron chi connectivity index (χ3n) is 4.65. The van der Waals surface area contributed by atoms with Crippen molar-refractivity contribution in [3.05, 3.63) is 70.7 Å². The summed E-state index contributed by atoms with van der Waals surface area (Å²) in [5.74, 6) is 0.323. The molecule has 0 aromatic heterocycles. The number of anilines is 1. The van der Waals surface area contributed by atoms with Gasteiger partial charge in [-0.2, -0.15) is 0 Å². The van der Waals surface area contributed by atoms with Gasteiger partial charge < -0.3 is 15.0 Å². The molecule has 0 aliphatic rings. The van der Waals surface area contributed by atoms with Crippen LogP contribution < -0.4 is 10.1 Å². The van der Waals surface area contributed by atoms with E-state index in [0.717, 1.165) is 15.2 Å². The van der Waals surface area contributed by atoms with Gasteiger partial charge in [0.15, 0.2) is 6.61 Å². The Bertz CT molecular complexity index is 1010. The van der Waals surface area contributed by atoms with E-state index in [0.29, 0.717) is 30.1 Å². The van der Waals surface area contributed by atoms with Crippen LogP contribution in [0.4, 0.5) is 5.69 Å². The highest BCUT2D eigenvalue weighted by Gasteiger charge is 2.13. The van der Waals surface area contributed by atoms with E-state index in [-0.39, 0.29) is 18.4 Å². The normalized spacial score (nSPS) is 10.6. The summed E-state index contributed by atoms with van der Waals surface area (Å²) in [6, 6.07) is 18.6. The van der Waals surface area contributed by atoms with Gasteiger partial charge in [0.2, 0.25) is 0 Å². The van der Waals surface area contributed by atoms with Gasteiger partial charge in [-0.05, 0) is 70.9 Å². The molecule has 0 spiro atoms. The molecule has 3 aromatic rings. The number of amides is 2. The van der Waals surface area contributed by atoms with E-state index < -0.39 is 0 Å². The zero-order valence-corrected chi connectivity index (χ0v) is 18.0. The fourth-order valence-corrected chi connectivity index (χ4v) is 3.66. The standard InChI is InChI=1S/C23H23BrN2O3/c1-3-26(4-2)23(28)17-9-12-18(13-10-17)25-21(27)15-29-20-14-11-16-7-5-6-8-19(16)22(20)24/h5-14H,3-4,15H2,1-2H3,(H,25,27). The number of carbonyl (C=O) groups excluding carboxylic acids is 2. The van der Waals surface area contributed by atoms with Crippen molar-refractivity contribution in [2.75, 3.05) is 25.0 Å². The lowest BCUT2D eigenvalue weighted by Gasteiger charge is -2.18. The van der Waals surface area contributed by atoms with Crippen LogP contribution in [0.2, 0.25) is 0 Å². The third-order valence-corrected chi connectivity index (χ3v) is 5.47. The highest BCUT2D eigenvalue weighted by atomic mass is 79.9. The molecule has 2 amide bonds. The summed E-state index contributed by atoms with van der Waals surface area (Å²) in [6.45, 7) is 5.11. The molecule has 0 unspecified atom stereocenters.